The molecule has 6 heteroatoms. The summed E-state index contributed by atoms with van der Waals surface area (Å²) in [6, 6.07) is 16.1. The molecule has 0 fully saturated rings. The van der Waals surface area contributed by atoms with E-state index in [1.807, 2.05) is 36.4 Å². The van der Waals surface area contributed by atoms with E-state index in [0.717, 1.165) is 29.1 Å². The zero-order chi connectivity index (χ0) is 16.8. The van der Waals surface area contributed by atoms with Crippen molar-refractivity contribution in [2.24, 2.45) is 10.7 Å². The average molecular weight is 320 g/mol. The van der Waals surface area contributed by atoms with E-state index < -0.39 is 0 Å². The number of aromatic nitrogens is 3. The SMILES string of the molecule is CCc1ccc(NC(N)=NCc2cccc(-c3ncn[nH]3)c2)cc1. The van der Waals surface area contributed by atoms with Gasteiger partial charge in [0.05, 0.1) is 6.54 Å². The Labute approximate surface area is 140 Å². The van der Waals surface area contributed by atoms with Crippen LogP contribution in [0.5, 0.6) is 0 Å². The van der Waals surface area contributed by atoms with Crippen LogP contribution in [0.1, 0.15) is 18.1 Å². The molecule has 24 heavy (non-hydrogen) atoms. The molecule has 3 rings (SSSR count). The number of guanidine groups is 1. The van der Waals surface area contributed by atoms with Gasteiger partial charge >= 0.3 is 0 Å². The summed E-state index contributed by atoms with van der Waals surface area (Å²) in [6.45, 7) is 2.62. The van der Waals surface area contributed by atoms with Crippen molar-refractivity contribution in [1.29, 1.82) is 0 Å². The minimum atomic E-state index is 0.393. The second-order valence-corrected chi connectivity index (χ2v) is 5.41. The quantitative estimate of drug-likeness (QED) is 0.498. The van der Waals surface area contributed by atoms with Crippen molar-refractivity contribution in [3.63, 3.8) is 0 Å². The molecule has 0 aliphatic carbocycles. The van der Waals surface area contributed by atoms with Gasteiger partial charge in [-0.25, -0.2) is 9.98 Å². The van der Waals surface area contributed by atoms with Gasteiger partial charge in [0.1, 0.15) is 6.33 Å². The van der Waals surface area contributed by atoms with Crippen LogP contribution in [0.4, 0.5) is 5.69 Å². The van der Waals surface area contributed by atoms with Crippen LogP contribution in [-0.2, 0) is 13.0 Å². The Bertz CT molecular complexity index is 806. The lowest BCUT2D eigenvalue weighted by Gasteiger charge is -2.07. The van der Waals surface area contributed by atoms with Gasteiger partial charge in [-0.1, -0.05) is 37.3 Å². The predicted octanol–water partition coefficient (Wildman–Crippen LogP) is 2.96. The molecule has 1 aromatic heterocycles. The third-order valence-electron chi connectivity index (χ3n) is 3.68. The van der Waals surface area contributed by atoms with Crippen LogP contribution >= 0.6 is 0 Å². The second-order valence-electron chi connectivity index (χ2n) is 5.41. The summed E-state index contributed by atoms with van der Waals surface area (Å²) in [7, 11) is 0. The fourth-order valence-electron chi connectivity index (χ4n) is 2.35. The molecular formula is C18H20N6. The van der Waals surface area contributed by atoms with Crippen LogP contribution in [0.3, 0.4) is 0 Å². The monoisotopic (exact) mass is 320 g/mol. The number of anilines is 1. The molecule has 0 saturated carbocycles. The molecule has 0 aliphatic heterocycles. The third-order valence-corrected chi connectivity index (χ3v) is 3.68. The highest BCUT2D eigenvalue weighted by Gasteiger charge is 2.02. The van der Waals surface area contributed by atoms with E-state index in [4.69, 9.17) is 5.73 Å². The van der Waals surface area contributed by atoms with E-state index in [9.17, 15) is 0 Å². The Morgan fingerprint density at radius 1 is 1.17 bits per heavy atom. The van der Waals surface area contributed by atoms with E-state index in [1.165, 1.54) is 11.9 Å². The fourth-order valence-corrected chi connectivity index (χ4v) is 2.35. The number of aliphatic imine (C=N–C) groups is 1. The largest absolute Gasteiger partial charge is 0.370 e. The topological polar surface area (TPSA) is 92.0 Å². The molecule has 1 heterocycles. The Morgan fingerprint density at radius 2 is 2.00 bits per heavy atom. The van der Waals surface area contributed by atoms with Crippen LogP contribution in [0.15, 0.2) is 59.9 Å². The lowest BCUT2D eigenvalue weighted by molar-refractivity contribution is 1.06. The molecule has 6 nitrogen and oxygen atoms in total. The number of aryl methyl sites for hydroxylation is 1. The summed E-state index contributed by atoms with van der Waals surface area (Å²) in [5, 5.41) is 9.83. The molecule has 0 amide bonds. The molecule has 4 N–H and O–H groups in total. The number of hydrogen-bond donors (Lipinski definition) is 3. The third kappa shape index (κ3) is 3.98. The van der Waals surface area contributed by atoms with Crippen molar-refractivity contribution in [2.75, 3.05) is 5.32 Å². The van der Waals surface area contributed by atoms with Crippen molar-refractivity contribution in [2.45, 2.75) is 19.9 Å². The minimum absolute atomic E-state index is 0.393. The van der Waals surface area contributed by atoms with E-state index in [-0.39, 0.29) is 0 Å². The van der Waals surface area contributed by atoms with Crippen LogP contribution in [-0.4, -0.2) is 21.1 Å². The summed E-state index contributed by atoms with van der Waals surface area (Å²) in [6.07, 6.45) is 2.51. The standard InChI is InChI=1S/C18H20N6/c1-2-13-6-8-16(9-7-13)23-18(19)20-11-14-4-3-5-15(10-14)17-21-12-22-24-17/h3-10,12H,2,11H2,1H3,(H3,19,20,23)(H,21,22,24). The minimum Gasteiger partial charge on any atom is -0.370 e. The van der Waals surface area contributed by atoms with Crippen molar-refractivity contribution in [3.8, 4) is 11.4 Å². The molecule has 0 bridgehead atoms. The van der Waals surface area contributed by atoms with Gasteiger partial charge in [-0.3, -0.25) is 5.10 Å². The van der Waals surface area contributed by atoms with E-state index in [1.54, 1.807) is 0 Å². The molecule has 0 spiro atoms. The number of H-pyrrole nitrogens is 1. The lowest BCUT2D eigenvalue weighted by Crippen LogP contribution is -2.22. The van der Waals surface area contributed by atoms with Gasteiger partial charge in [-0.2, -0.15) is 5.10 Å². The molecular weight excluding hydrogens is 300 g/mol. The van der Waals surface area contributed by atoms with Crippen molar-refractivity contribution in [3.05, 3.63) is 66.0 Å². The normalized spacial score (nSPS) is 11.5. The van der Waals surface area contributed by atoms with E-state index in [0.29, 0.717) is 12.5 Å². The highest BCUT2D eigenvalue weighted by atomic mass is 15.2. The molecule has 0 aliphatic rings. The first-order valence-corrected chi connectivity index (χ1v) is 7.85. The highest BCUT2D eigenvalue weighted by molar-refractivity contribution is 5.92. The molecule has 0 atom stereocenters. The van der Waals surface area contributed by atoms with Crippen LogP contribution < -0.4 is 11.1 Å². The molecule has 0 unspecified atom stereocenters. The number of nitrogens with zero attached hydrogens (tertiary/aromatic N) is 3. The van der Waals surface area contributed by atoms with Gasteiger partial charge in [-0.05, 0) is 35.7 Å². The number of aromatic amines is 1. The maximum absolute atomic E-state index is 5.97. The molecule has 3 aromatic rings. The second kappa shape index (κ2) is 7.41. The van der Waals surface area contributed by atoms with Crippen LogP contribution in [0.2, 0.25) is 0 Å². The maximum atomic E-state index is 5.97. The molecule has 2 aromatic carbocycles. The van der Waals surface area contributed by atoms with Crippen LogP contribution in [0, 0.1) is 0 Å². The van der Waals surface area contributed by atoms with Gasteiger partial charge in [-0.15, -0.1) is 0 Å². The van der Waals surface area contributed by atoms with Crippen molar-refractivity contribution < 1.29 is 0 Å². The van der Waals surface area contributed by atoms with Crippen LogP contribution in [0.25, 0.3) is 11.4 Å². The Morgan fingerprint density at radius 3 is 2.71 bits per heavy atom. The number of nitrogens with one attached hydrogen (secondary N) is 2. The molecule has 0 saturated heterocycles. The van der Waals surface area contributed by atoms with Crippen molar-refractivity contribution in [1.82, 2.24) is 15.2 Å². The molecule has 122 valence electrons. The van der Waals surface area contributed by atoms with Gasteiger partial charge in [0.2, 0.25) is 0 Å². The summed E-state index contributed by atoms with van der Waals surface area (Å²) in [5.41, 5.74) is 10.2. The van der Waals surface area contributed by atoms with Crippen molar-refractivity contribution >= 4 is 11.6 Å². The van der Waals surface area contributed by atoms with Gasteiger partial charge in [0.25, 0.3) is 0 Å². The first-order chi connectivity index (χ1) is 11.7. The lowest BCUT2D eigenvalue weighted by atomic mass is 10.1. The smallest absolute Gasteiger partial charge is 0.193 e. The summed E-state index contributed by atoms with van der Waals surface area (Å²) in [5.74, 6) is 1.13. The summed E-state index contributed by atoms with van der Waals surface area (Å²) >= 11 is 0. The Kier molecular flexibility index (Phi) is 4.86. The predicted molar refractivity (Wildman–Crippen MR) is 96.6 cm³/mol. The average Bonchev–Trinajstić information content (AvgIpc) is 3.16. The Hall–Kier alpha value is -3.15. The number of rotatable bonds is 5. The Balaban J connectivity index is 1.65. The number of benzene rings is 2. The first kappa shape index (κ1) is 15.7. The summed E-state index contributed by atoms with van der Waals surface area (Å²) in [4.78, 5) is 8.54. The van der Waals surface area contributed by atoms with E-state index in [2.05, 4.69) is 44.5 Å². The number of nitrogens with two attached hydrogens (primary N) is 1. The van der Waals surface area contributed by atoms with Gasteiger partial charge < -0.3 is 11.1 Å². The maximum Gasteiger partial charge on any atom is 0.193 e. The number of hydrogen-bond acceptors (Lipinski definition) is 3. The zero-order valence-corrected chi connectivity index (χ0v) is 13.5. The molecule has 0 radical (unpaired) electrons. The van der Waals surface area contributed by atoms with Gasteiger partial charge in [0.15, 0.2) is 11.8 Å². The fraction of sp³-hybridized carbons (Fsp3) is 0.167. The van der Waals surface area contributed by atoms with Gasteiger partial charge in [0, 0.05) is 11.3 Å². The van der Waals surface area contributed by atoms with E-state index >= 15 is 0 Å². The first-order valence-electron chi connectivity index (χ1n) is 7.85. The highest BCUT2D eigenvalue weighted by Crippen LogP contribution is 2.16. The zero-order valence-electron chi connectivity index (χ0n) is 13.5. The summed E-state index contributed by atoms with van der Waals surface area (Å²) < 4.78 is 0.